The molecule has 0 aromatic carbocycles. The lowest BCUT2D eigenvalue weighted by molar-refractivity contribution is -0.136. The van der Waals surface area contributed by atoms with Crippen molar-refractivity contribution in [3.63, 3.8) is 0 Å². The van der Waals surface area contributed by atoms with E-state index in [0.29, 0.717) is 6.04 Å². The molecule has 1 amide bonds. The average Bonchev–Trinajstić information content (AvgIpc) is 2.64. The van der Waals surface area contributed by atoms with Gasteiger partial charge in [-0.1, -0.05) is 20.3 Å². The van der Waals surface area contributed by atoms with Crippen LogP contribution in [0.5, 0.6) is 0 Å². The summed E-state index contributed by atoms with van der Waals surface area (Å²) in [4.78, 5) is 14.8. The Morgan fingerprint density at radius 2 is 1.95 bits per heavy atom. The van der Waals surface area contributed by atoms with Crippen molar-refractivity contribution in [3.05, 3.63) is 0 Å². The fourth-order valence-electron chi connectivity index (χ4n) is 3.42. The Balaban J connectivity index is 2.13. The summed E-state index contributed by atoms with van der Waals surface area (Å²) in [6.45, 7) is 6.26. The highest BCUT2D eigenvalue weighted by Crippen LogP contribution is 2.33. The molecule has 0 radical (unpaired) electrons. The van der Waals surface area contributed by atoms with Crippen LogP contribution in [0, 0.1) is 0 Å². The van der Waals surface area contributed by atoms with E-state index in [9.17, 15) is 9.90 Å². The van der Waals surface area contributed by atoms with E-state index in [1.807, 2.05) is 6.92 Å². The number of aliphatic hydroxyl groups is 1. The van der Waals surface area contributed by atoms with Gasteiger partial charge in [-0.3, -0.25) is 10.1 Å². The maximum absolute atomic E-state index is 12.7. The number of carbonyl (C=O) groups is 1. The van der Waals surface area contributed by atoms with Crippen molar-refractivity contribution in [3.8, 4) is 0 Å². The number of rotatable bonds is 4. The first-order valence-corrected chi connectivity index (χ1v) is 7.80. The number of carbonyl (C=O) groups excluding carboxylic acids is 1. The van der Waals surface area contributed by atoms with Gasteiger partial charge in [0, 0.05) is 6.04 Å². The summed E-state index contributed by atoms with van der Waals surface area (Å²) in [5.74, 6) is 0.259. The van der Waals surface area contributed by atoms with Crippen molar-refractivity contribution in [2.45, 2.75) is 89.6 Å². The van der Waals surface area contributed by atoms with Crippen LogP contribution < -0.4 is 5.32 Å². The van der Waals surface area contributed by atoms with Crippen LogP contribution in [0.15, 0.2) is 0 Å². The molecule has 2 rings (SSSR count). The van der Waals surface area contributed by atoms with Crippen LogP contribution in [0.2, 0.25) is 0 Å². The summed E-state index contributed by atoms with van der Waals surface area (Å²) in [5, 5.41) is 13.2. The minimum atomic E-state index is -0.393. The predicted molar refractivity (Wildman–Crippen MR) is 75.6 cm³/mol. The van der Waals surface area contributed by atoms with Gasteiger partial charge in [0.25, 0.3) is 0 Å². The summed E-state index contributed by atoms with van der Waals surface area (Å²) >= 11 is 0. The largest absolute Gasteiger partial charge is 0.393 e. The van der Waals surface area contributed by atoms with Gasteiger partial charge in [-0.25, -0.2) is 0 Å². The van der Waals surface area contributed by atoms with Gasteiger partial charge >= 0.3 is 0 Å². The molecule has 0 aromatic heterocycles. The van der Waals surface area contributed by atoms with Crippen molar-refractivity contribution in [1.29, 1.82) is 0 Å². The van der Waals surface area contributed by atoms with Gasteiger partial charge in [0.15, 0.2) is 0 Å². The zero-order valence-electron chi connectivity index (χ0n) is 12.5. The molecule has 2 fully saturated rings. The molecule has 4 heteroatoms. The van der Waals surface area contributed by atoms with Gasteiger partial charge in [0.05, 0.1) is 17.8 Å². The van der Waals surface area contributed by atoms with E-state index in [4.69, 9.17) is 0 Å². The van der Waals surface area contributed by atoms with E-state index in [1.165, 1.54) is 0 Å². The molecule has 1 aliphatic carbocycles. The third kappa shape index (κ3) is 2.79. The van der Waals surface area contributed by atoms with Gasteiger partial charge in [0.1, 0.15) is 0 Å². The average molecular weight is 268 g/mol. The van der Waals surface area contributed by atoms with Gasteiger partial charge in [-0.15, -0.1) is 0 Å². The predicted octanol–water partition coefficient (Wildman–Crippen LogP) is 2.02. The molecule has 0 spiro atoms. The molecule has 1 aliphatic heterocycles. The highest BCUT2D eigenvalue weighted by Gasteiger charge is 2.48. The van der Waals surface area contributed by atoms with Gasteiger partial charge in [-0.05, 0) is 45.4 Å². The molecule has 110 valence electrons. The molecule has 1 saturated carbocycles. The molecule has 2 N–H and O–H groups in total. The Hall–Kier alpha value is -0.610. The highest BCUT2D eigenvalue weighted by molar-refractivity contribution is 5.88. The first kappa shape index (κ1) is 14.8. The number of hydrogen-bond acceptors (Lipinski definition) is 3. The fraction of sp³-hybridized carbons (Fsp3) is 0.933. The quantitative estimate of drug-likeness (QED) is 0.820. The number of amides is 1. The minimum Gasteiger partial charge on any atom is -0.393 e. The Bertz CT molecular complexity index is 326. The first-order chi connectivity index (χ1) is 9.01. The molecule has 2 aliphatic rings. The smallest absolute Gasteiger partial charge is 0.244 e. The lowest BCUT2D eigenvalue weighted by atomic mass is 9.90. The summed E-state index contributed by atoms with van der Waals surface area (Å²) in [7, 11) is 0. The molecule has 1 heterocycles. The normalized spacial score (nSPS) is 39.9. The van der Waals surface area contributed by atoms with Crippen molar-refractivity contribution < 1.29 is 9.90 Å². The number of nitrogens with one attached hydrogen (secondary N) is 1. The number of hydrogen-bond donors (Lipinski definition) is 2. The zero-order chi connectivity index (χ0) is 14.0. The van der Waals surface area contributed by atoms with Gasteiger partial charge in [-0.2, -0.15) is 0 Å². The second kappa shape index (κ2) is 5.80. The molecule has 0 aromatic rings. The summed E-state index contributed by atoms with van der Waals surface area (Å²) in [6.07, 6.45) is 6.48. The SMILES string of the molecule is CCCC1NC(C)(CC)C(=O)N1C1CCC(O)CC1. The van der Waals surface area contributed by atoms with Crippen molar-refractivity contribution in [2.24, 2.45) is 0 Å². The van der Waals surface area contributed by atoms with Crippen molar-refractivity contribution in [2.75, 3.05) is 0 Å². The Morgan fingerprint density at radius 3 is 2.47 bits per heavy atom. The number of nitrogens with zero attached hydrogens (tertiary/aromatic N) is 1. The zero-order valence-corrected chi connectivity index (χ0v) is 12.5. The van der Waals surface area contributed by atoms with E-state index in [-0.39, 0.29) is 18.2 Å². The Labute approximate surface area is 116 Å². The number of aliphatic hydroxyl groups excluding tert-OH is 1. The fourth-order valence-corrected chi connectivity index (χ4v) is 3.42. The lowest BCUT2D eigenvalue weighted by Crippen LogP contribution is -2.47. The van der Waals surface area contributed by atoms with E-state index >= 15 is 0 Å². The van der Waals surface area contributed by atoms with Crippen LogP contribution in [-0.4, -0.2) is 39.8 Å². The summed E-state index contributed by atoms with van der Waals surface area (Å²) in [6, 6.07) is 0.313. The highest BCUT2D eigenvalue weighted by atomic mass is 16.3. The van der Waals surface area contributed by atoms with Crippen LogP contribution in [-0.2, 0) is 4.79 Å². The van der Waals surface area contributed by atoms with Crippen LogP contribution in [0.4, 0.5) is 0 Å². The third-order valence-electron chi connectivity index (χ3n) is 4.86. The minimum absolute atomic E-state index is 0.163. The van der Waals surface area contributed by atoms with Crippen molar-refractivity contribution in [1.82, 2.24) is 10.2 Å². The molecular weight excluding hydrogens is 240 g/mol. The summed E-state index contributed by atoms with van der Waals surface area (Å²) in [5.41, 5.74) is -0.393. The standard InChI is InChI=1S/C15H28N2O2/c1-4-6-13-16-15(3,5-2)14(19)17(13)11-7-9-12(18)10-8-11/h11-13,16,18H,4-10H2,1-3H3. The lowest BCUT2D eigenvalue weighted by Gasteiger charge is -2.36. The molecule has 4 nitrogen and oxygen atoms in total. The van der Waals surface area contributed by atoms with Crippen LogP contribution in [0.25, 0.3) is 0 Å². The van der Waals surface area contributed by atoms with Crippen LogP contribution >= 0.6 is 0 Å². The maximum atomic E-state index is 12.7. The van der Waals surface area contributed by atoms with Gasteiger partial charge < -0.3 is 10.0 Å². The monoisotopic (exact) mass is 268 g/mol. The van der Waals surface area contributed by atoms with E-state index in [1.54, 1.807) is 0 Å². The molecule has 2 unspecified atom stereocenters. The van der Waals surface area contributed by atoms with E-state index < -0.39 is 5.54 Å². The molecule has 19 heavy (non-hydrogen) atoms. The van der Waals surface area contributed by atoms with Gasteiger partial charge in [0.2, 0.25) is 5.91 Å². The molecular formula is C15H28N2O2. The van der Waals surface area contributed by atoms with Crippen molar-refractivity contribution >= 4 is 5.91 Å². The second-order valence-electron chi connectivity index (χ2n) is 6.31. The molecule has 2 atom stereocenters. The topological polar surface area (TPSA) is 52.6 Å². The third-order valence-corrected chi connectivity index (χ3v) is 4.86. The second-order valence-corrected chi connectivity index (χ2v) is 6.31. The van der Waals surface area contributed by atoms with E-state index in [0.717, 1.165) is 44.9 Å². The molecule has 0 bridgehead atoms. The Morgan fingerprint density at radius 1 is 1.32 bits per heavy atom. The summed E-state index contributed by atoms with van der Waals surface area (Å²) < 4.78 is 0. The first-order valence-electron chi connectivity index (χ1n) is 7.80. The molecule has 1 saturated heterocycles. The van der Waals surface area contributed by atoms with Crippen LogP contribution in [0.3, 0.4) is 0 Å². The Kier molecular flexibility index (Phi) is 4.51. The van der Waals surface area contributed by atoms with E-state index in [2.05, 4.69) is 24.1 Å². The maximum Gasteiger partial charge on any atom is 0.244 e. The van der Waals surface area contributed by atoms with Crippen LogP contribution in [0.1, 0.15) is 65.7 Å².